The van der Waals surface area contributed by atoms with Crippen LogP contribution in [-0.4, -0.2) is 30.0 Å². The molecule has 0 saturated heterocycles. The Morgan fingerprint density at radius 3 is 2.28 bits per heavy atom. The molecule has 1 N–H and O–H groups in total. The minimum atomic E-state index is -0.195. The number of carbonyl (C=O) groups excluding carboxylic acids is 1. The van der Waals surface area contributed by atoms with Gasteiger partial charge in [0.25, 0.3) is 5.91 Å². The summed E-state index contributed by atoms with van der Waals surface area (Å²) in [6, 6.07) is 10.9. The van der Waals surface area contributed by atoms with Crippen LogP contribution in [0.25, 0.3) is 11.5 Å². The van der Waals surface area contributed by atoms with Crippen molar-refractivity contribution in [1.82, 2.24) is 24.1 Å². The molecule has 1 amide bonds. The molecule has 25 heavy (non-hydrogen) atoms. The molecule has 0 fully saturated rings. The van der Waals surface area contributed by atoms with Crippen molar-refractivity contribution in [3.63, 3.8) is 0 Å². The molecule has 3 heterocycles. The molecule has 0 bridgehead atoms. The van der Waals surface area contributed by atoms with Crippen molar-refractivity contribution in [2.75, 3.05) is 5.32 Å². The fraction of sp³-hybridized carbons (Fsp3) is 0. The highest BCUT2D eigenvalue weighted by atomic mass is 16.1. The Bertz CT molecular complexity index is 975. The first-order valence-electron chi connectivity index (χ1n) is 7.64. The second kappa shape index (κ2) is 6.40. The van der Waals surface area contributed by atoms with E-state index in [4.69, 9.17) is 0 Å². The molecule has 122 valence electrons. The molecule has 0 aliphatic carbocycles. The monoisotopic (exact) mass is 330 g/mol. The van der Waals surface area contributed by atoms with Crippen molar-refractivity contribution in [2.45, 2.75) is 0 Å². The van der Waals surface area contributed by atoms with Crippen molar-refractivity contribution >= 4 is 11.6 Å². The summed E-state index contributed by atoms with van der Waals surface area (Å²) >= 11 is 0. The van der Waals surface area contributed by atoms with Crippen LogP contribution in [-0.2, 0) is 0 Å². The summed E-state index contributed by atoms with van der Waals surface area (Å²) in [7, 11) is 0. The van der Waals surface area contributed by atoms with Gasteiger partial charge in [0.15, 0.2) is 0 Å². The number of nitrogens with one attached hydrogen (secondary N) is 1. The van der Waals surface area contributed by atoms with Crippen LogP contribution in [0.2, 0.25) is 0 Å². The number of pyridine rings is 1. The first-order chi connectivity index (χ1) is 12.3. The molecule has 0 atom stereocenters. The summed E-state index contributed by atoms with van der Waals surface area (Å²) in [6.45, 7) is 0. The van der Waals surface area contributed by atoms with E-state index in [1.165, 1.54) is 0 Å². The van der Waals surface area contributed by atoms with Crippen LogP contribution in [0.3, 0.4) is 0 Å². The van der Waals surface area contributed by atoms with Gasteiger partial charge in [-0.1, -0.05) is 0 Å². The van der Waals surface area contributed by atoms with E-state index in [1.54, 1.807) is 54.1 Å². The standard InChI is InChI=1S/C18H14N6O/c25-18(14-5-6-21-17(11-14)24-10-8-20-13-24)22-15-1-3-16(4-2-15)23-9-7-19-12-23/h1-13H,(H,22,25). The van der Waals surface area contributed by atoms with Crippen molar-refractivity contribution in [1.29, 1.82) is 0 Å². The lowest BCUT2D eigenvalue weighted by Crippen LogP contribution is -2.12. The highest BCUT2D eigenvalue weighted by Gasteiger charge is 2.08. The average Bonchev–Trinajstić information content (AvgIpc) is 3.36. The van der Waals surface area contributed by atoms with Gasteiger partial charge in [-0.15, -0.1) is 0 Å². The number of amides is 1. The molecule has 1 aromatic carbocycles. The number of anilines is 1. The van der Waals surface area contributed by atoms with E-state index in [0.717, 1.165) is 11.4 Å². The number of rotatable bonds is 4. The highest BCUT2D eigenvalue weighted by molar-refractivity contribution is 6.04. The summed E-state index contributed by atoms with van der Waals surface area (Å²) in [5, 5.41) is 2.89. The number of nitrogens with zero attached hydrogens (tertiary/aromatic N) is 5. The SMILES string of the molecule is O=C(Nc1ccc(-n2ccnc2)cc1)c1ccnc(-n2ccnc2)c1. The molecular formula is C18H14N6O. The number of benzene rings is 1. The summed E-state index contributed by atoms with van der Waals surface area (Å²) in [5.74, 6) is 0.444. The molecule has 4 aromatic rings. The number of hydrogen-bond donors (Lipinski definition) is 1. The Kier molecular flexibility index (Phi) is 3.80. The Hall–Kier alpha value is -3.74. The summed E-state index contributed by atoms with van der Waals surface area (Å²) < 4.78 is 3.64. The summed E-state index contributed by atoms with van der Waals surface area (Å²) in [5.41, 5.74) is 2.22. The van der Waals surface area contributed by atoms with Gasteiger partial charge >= 0.3 is 0 Å². The van der Waals surface area contributed by atoms with Gasteiger partial charge in [0, 0.05) is 47.9 Å². The second-order valence-corrected chi connectivity index (χ2v) is 5.34. The maximum Gasteiger partial charge on any atom is 0.255 e. The molecule has 0 saturated carbocycles. The van der Waals surface area contributed by atoms with E-state index >= 15 is 0 Å². The van der Waals surface area contributed by atoms with Crippen LogP contribution in [0.15, 0.2) is 80.0 Å². The van der Waals surface area contributed by atoms with Crippen LogP contribution < -0.4 is 5.32 Å². The van der Waals surface area contributed by atoms with E-state index in [0.29, 0.717) is 11.4 Å². The average molecular weight is 330 g/mol. The van der Waals surface area contributed by atoms with Crippen LogP contribution in [0.1, 0.15) is 10.4 Å². The third-order valence-corrected chi connectivity index (χ3v) is 3.70. The number of imidazole rings is 2. The van der Waals surface area contributed by atoms with Gasteiger partial charge in [0.2, 0.25) is 0 Å². The zero-order valence-corrected chi connectivity index (χ0v) is 13.1. The molecule has 0 aliphatic rings. The Balaban J connectivity index is 1.51. The zero-order valence-electron chi connectivity index (χ0n) is 13.1. The van der Waals surface area contributed by atoms with Gasteiger partial charge < -0.3 is 9.88 Å². The smallest absolute Gasteiger partial charge is 0.255 e. The maximum atomic E-state index is 12.5. The zero-order chi connectivity index (χ0) is 17.1. The normalized spacial score (nSPS) is 10.6. The Morgan fingerprint density at radius 2 is 1.60 bits per heavy atom. The number of carbonyl (C=O) groups is 1. The highest BCUT2D eigenvalue weighted by Crippen LogP contribution is 2.15. The molecule has 7 nitrogen and oxygen atoms in total. The van der Waals surface area contributed by atoms with E-state index in [9.17, 15) is 4.79 Å². The Labute approximate surface area is 143 Å². The maximum absolute atomic E-state index is 12.5. The van der Waals surface area contributed by atoms with E-state index in [-0.39, 0.29) is 5.91 Å². The lowest BCUT2D eigenvalue weighted by Gasteiger charge is -2.08. The first kappa shape index (κ1) is 14.8. The van der Waals surface area contributed by atoms with Crippen LogP contribution in [0.4, 0.5) is 5.69 Å². The molecule has 0 radical (unpaired) electrons. The van der Waals surface area contributed by atoms with E-state index in [1.807, 2.05) is 35.0 Å². The summed E-state index contributed by atoms with van der Waals surface area (Å²) in [6.07, 6.45) is 12.0. The first-order valence-corrected chi connectivity index (χ1v) is 7.64. The second-order valence-electron chi connectivity index (χ2n) is 5.34. The number of aromatic nitrogens is 5. The third-order valence-electron chi connectivity index (χ3n) is 3.70. The largest absolute Gasteiger partial charge is 0.322 e. The molecule has 7 heteroatoms. The molecule has 0 spiro atoms. The van der Waals surface area contributed by atoms with Gasteiger partial charge in [-0.25, -0.2) is 15.0 Å². The van der Waals surface area contributed by atoms with Crippen molar-refractivity contribution < 1.29 is 4.79 Å². The lowest BCUT2D eigenvalue weighted by atomic mass is 10.2. The van der Waals surface area contributed by atoms with Gasteiger partial charge in [0.1, 0.15) is 12.1 Å². The van der Waals surface area contributed by atoms with Gasteiger partial charge in [-0.05, 0) is 36.4 Å². The van der Waals surface area contributed by atoms with Crippen LogP contribution in [0.5, 0.6) is 0 Å². The molecular weight excluding hydrogens is 316 g/mol. The van der Waals surface area contributed by atoms with Gasteiger partial charge in [0.05, 0.1) is 6.33 Å². The number of hydrogen-bond acceptors (Lipinski definition) is 4. The molecule has 3 aromatic heterocycles. The molecule has 4 rings (SSSR count). The van der Waals surface area contributed by atoms with Gasteiger partial charge in [-0.2, -0.15) is 0 Å². The van der Waals surface area contributed by atoms with E-state index in [2.05, 4.69) is 20.3 Å². The quantitative estimate of drug-likeness (QED) is 0.624. The topological polar surface area (TPSA) is 77.6 Å². The molecule has 0 aliphatic heterocycles. The third kappa shape index (κ3) is 3.16. The minimum absolute atomic E-state index is 0.195. The van der Waals surface area contributed by atoms with Crippen molar-refractivity contribution in [3.05, 3.63) is 85.6 Å². The summed E-state index contributed by atoms with van der Waals surface area (Å²) in [4.78, 5) is 24.7. The fourth-order valence-corrected chi connectivity index (χ4v) is 2.43. The predicted molar refractivity (Wildman–Crippen MR) is 92.9 cm³/mol. The Morgan fingerprint density at radius 1 is 0.880 bits per heavy atom. The van der Waals surface area contributed by atoms with Crippen molar-refractivity contribution in [2.24, 2.45) is 0 Å². The van der Waals surface area contributed by atoms with Crippen molar-refractivity contribution in [3.8, 4) is 11.5 Å². The minimum Gasteiger partial charge on any atom is -0.322 e. The van der Waals surface area contributed by atoms with E-state index < -0.39 is 0 Å². The van der Waals surface area contributed by atoms with Crippen LogP contribution in [0, 0.1) is 0 Å². The molecule has 0 unspecified atom stereocenters. The van der Waals surface area contributed by atoms with Crippen LogP contribution >= 0.6 is 0 Å². The predicted octanol–water partition coefficient (Wildman–Crippen LogP) is 2.71. The fourth-order valence-electron chi connectivity index (χ4n) is 2.43. The lowest BCUT2D eigenvalue weighted by molar-refractivity contribution is 0.102. The van der Waals surface area contributed by atoms with Gasteiger partial charge in [-0.3, -0.25) is 9.36 Å².